The van der Waals surface area contributed by atoms with Crippen LogP contribution in [0.3, 0.4) is 0 Å². The Morgan fingerprint density at radius 2 is 1.80 bits per heavy atom. The van der Waals surface area contributed by atoms with E-state index in [0.29, 0.717) is 0 Å². The monoisotopic (exact) mass is 291 g/mol. The maximum absolute atomic E-state index is 11.8. The van der Waals surface area contributed by atoms with Crippen LogP contribution in [0.4, 0.5) is 0 Å². The van der Waals surface area contributed by atoms with Crippen LogP contribution in [0.1, 0.15) is 27.7 Å². The lowest BCUT2D eigenvalue weighted by Crippen LogP contribution is -2.41. The highest BCUT2D eigenvalue weighted by Gasteiger charge is 2.52. The first-order chi connectivity index (χ1) is 9.21. The number of nitrogens with zero attached hydrogens (tertiary/aromatic N) is 1. The quantitative estimate of drug-likeness (QED) is 0.753. The van der Waals surface area contributed by atoms with Crippen molar-refractivity contribution in [2.75, 3.05) is 0 Å². The highest BCUT2D eigenvalue weighted by molar-refractivity contribution is 7.18. The Morgan fingerprint density at radius 3 is 2.40 bits per heavy atom. The van der Waals surface area contributed by atoms with E-state index in [2.05, 4.69) is 0 Å². The highest BCUT2D eigenvalue weighted by Crippen LogP contribution is 2.37. The van der Waals surface area contributed by atoms with E-state index in [-0.39, 0.29) is 16.8 Å². The van der Waals surface area contributed by atoms with Crippen molar-refractivity contribution in [1.29, 1.82) is 0 Å². The van der Waals surface area contributed by atoms with Gasteiger partial charge in [-0.1, -0.05) is 0 Å². The summed E-state index contributed by atoms with van der Waals surface area (Å²) in [6.07, 6.45) is 1.86. The smallest absolute Gasteiger partial charge is 0.399 e. The molecule has 0 aromatic carbocycles. The minimum absolute atomic E-state index is 0.0198. The van der Waals surface area contributed by atoms with Gasteiger partial charge in [-0.15, -0.1) is 11.3 Å². The van der Waals surface area contributed by atoms with Crippen LogP contribution in [0.15, 0.2) is 22.4 Å². The fourth-order valence-electron chi connectivity index (χ4n) is 2.27. The van der Waals surface area contributed by atoms with Crippen LogP contribution in [0, 0.1) is 0 Å². The Bertz CT molecular complexity index is 716. The predicted molar refractivity (Wildman–Crippen MR) is 82.8 cm³/mol. The first-order valence-electron chi connectivity index (χ1n) is 6.65. The van der Waals surface area contributed by atoms with E-state index >= 15 is 0 Å². The second kappa shape index (κ2) is 4.19. The van der Waals surface area contributed by atoms with Crippen molar-refractivity contribution in [3.05, 3.63) is 28.0 Å². The molecule has 3 heterocycles. The summed E-state index contributed by atoms with van der Waals surface area (Å²) < 4.78 is 14.8. The zero-order chi connectivity index (χ0) is 14.7. The van der Waals surface area contributed by atoms with Gasteiger partial charge in [0.2, 0.25) is 0 Å². The fraction of sp³-hybridized carbons (Fsp3) is 0.500. The van der Waals surface area contributed by atoms with Gasteiger partial charge < -0.3 is 13.9 Å². The summed E-state index contributed by atoms with van der Waals surface area (Å²) in [7, 11) is 1.34. The molecule has 1 aliphatic rings. The zero-order valence-corrected chi connectivity index (χ0v) is 13.2. The molecule has 0 bridgehead atoms. The number of rotatable bonds is 1. The SMILES string of the molecule is Cn1cc2scc(B3OC(C)(C)C(C)(C)O3)c2cc1=O. The topological polar surface area (TPSA) is 40.5 Å². The molecule has 6 heteroatoms. The molecule has 1 fully saturated rings. The van der Waals surface area contributed by atoms with E-state index in [1.54, 1.807) is 29.0 Å². The maximum Gasteiger partial charge on any atom is 0.496 e. The third-order valence-corrected chi connectivity index (χ3v) is 5.27. The zero-order valence-electron chi connectivity index (χ0n) is 12.4. The molecule has 0 radical (unpaired) electrons. The number of aryl methyl sites for hydroxylation is 1. The van der Waals surface area contributed by atoms with Crippen molar-refractivity contribution in [3.63, 3.8) is 0 Å². The van der Waals surface area contributed by atoms with E-state index in [1.165, 1.54) is 0 Å². The molecule has 2 aromatic heterocycles. The number of fused-ring (bicyclic) bond motifs is 1. The van der Waals surface area contributed by atoms with Crippen LogP contribution in [0.2, 0.25) is 0 Å². The van der Waals surface area contributed by atoms with Crippen molar-refractivity contribution in [2.24, 2.45) is 7.05 Å². The van der Waals surface area contributed by atoms with Crippen molar-refractivity contribution >= 4 is 34.0 Å². The van der Waals surface area contributed by atoms with Crippen molar-refractivity contribution in [1.82, 2.24) is 4.57 Å². The van der Waals surface area contributed by atoms with Gasteiger partial charge in [0.1, 0.15) is 0 Å². The lowest BCUT2D eigenvalue weighted by atomic mass is 9.79. The van der Waals surface area contributed by atoms with E-state index in [9.17, 15) is 4.79 Å². The Hall–Kier alpha value is -1.11. The third kappa shape index (κ3) is 1.94. The minimum atomic E-state index is -0.416. The minimum Gasteiger partial charge on any atom is -0.399 e. The summed E-state index contributed by atoms with van der Waals surface area (Å²) in [6, 6.07) is 1.66. The molecule has 4 nitrogen and oxygen atoms in total. The molecule has 0 amide bonds. The predicted octanol–water partition coefficient (Wildman–Crippen LogP) is 1.90. The van der Waals surface area contributed by atoms with Crippen molar-refractivity contribution in [2.45, 2.75) is 38.9 Å². The van der Waals surface area contributed by atoms with E-state index in [0.717, 1.165) is 15.5 Å². The Balaban J connectivity index is 2.09. The average molecular weight is 291 g/mol. The molecule has 0 spiro atoms. The summed E-state index contributed by atoms with van der Waals surface area (Å²) in [4.78, 5) is 11.8. The Morgan fingerprint density at radius 1 is 1.20 bits per heavy atom. The van der Waals surface area contributed by atoms with Gasteiger partial charge in [0.25, 0.3) is 5.56 Å². The largest absolute Gasteiger partial charge is 0.496 e. The van der Waals surface area contributed by atoms with E-state index in [4.69, 9.17) is 9.31 Å². The number of pyridine rings is 1. The van der Waals surface area contributed by atoms with Crippen LogP contribution in [-0.2, 0) is 16.4 Å². The number of thiophene rings is 1. The first-order valence-corrected chi connectivity index (χ1v) is 7.53. The molecule has 106 valence electrons. The van der Waals surface area contributed by atoms with Gasteiger partial charge in [0.15, 0.2) is 0 Å². The average Bonchev–Trinajstić information content (AvgIpc) is 2.79. The lowest BCUT2D eigenvalue weighted by molar-refractivity contribution is 0.00578. The van der Waals surface area contributed by atoms with Gasteiger partial charge in [0, 0.05) is 24.8 Å². The molecule has 2 aromatic rings. The van der Waals surface area contributed by atoms with Gasteiger partial charge in [-0.05, 0) is 38.5 Å². The molecule has 1 saturated heterocycles. The molecule has 0 saturated carbocycles. The molecular weight excluding hydrogens is 273 g/mol. The van der Waals surface area contributed by atoms with Crippen molar-refractivity contribution in [3.8, 4) is 0 Å². The second-order valence-electron chi connectivity index (χ2n) is 6.28. The van der Waals surface area contributed by atoms with Gasteiger partial charge in [-0.3, -0.25) is 4.79 Å². The van der Waals surface area contributed by atoms with Gasteiger partial charge >= 0.3 is 7.12 Å². The van der Waals surface area contributed by atoms with E-state index in [1.807, 2.05) is 39.3 Å². The Kier molecular flexibility index (Phi) is 2.91. The molecular formula is C14H18BNO3S. The summed E-state index contributed by atoms with van der Waals surface area (Å²) in [5.41, 5.74) is 0.187. The Labute approximate surface area is 122 Å². The normalized spacial score (nSPS) is 20.8. The molecule has 1 aliphatic heterocycles. The van der Waals surface area contributed by atoms with Crippen LogP contribution in [-0.4, -0.2) is 22.9 Å². The van der Waals surface area contributed by atoms with Crippen LogP contribution >= 0.6 is 11.3 Å². The summed E-state index contributed by atoms with van der Waals surface area (Å²) in [5, 5.41) is 2.95. The van der Waals surface area contributed by atoms with Gasteiger partial charge in [-0.25, -0.2) is 0 Å². The van der Waals surface area contributed by atoms with E-state index < -0.39 is 7.12 Å². The fourth-order valence-corrected chi connectivity index (χ4v) is 3.28. The molecule has 0 aliphatic carbocycles. The lowest BCUT2D eigenvalue weighted by Gasteiger charge is -2.32. The van der Waals surface area contributed by atoms with Crippen molar-refractivity contribution < 1.29 is 9.31 Å². The highest BCUT2D eigenvalue weighted by atomic mass is 32.1. The first kappa shape index (κ1) is 13.9. The number of hydrogen-bond acceptors (Lipinski definition) is 4. The van der Waals surface area contributed by atoms with Crippen LogP contribution in [0.25, 0.3) is 10.1 Å². The number of hydrogen-bond donors (Lipinski definition) is 0. The maximum atomic E-state index is 11.8. The molecule has 0 N–H and O–H groups in total. The molecule has 3 rings (SSSR count). The second-order valence-corrected chi connectivity index (χ2v) is 7.19. The van der Waals surface area contributed by atoms with Gasteiger partial charge in [-0.2, -0.15) is 0 Å². The van der Waals surface area contributed by atoms with Crippen LogP contribution < -0.4 is 11.0 Å². The summed E-state index contributed by atoms with van der Waals surface area (Å²) >= 11 is 1.60. The van der Waals surface area contributed by atoms with Crippen LogP contribution in [0.5, 0.6) is 0 Å². The molecule has 0 unspecified atom stereocenters. The summed E-state index contributed by atoms with van der Waals surface area (Å²) in [5.74, 6) is 0. The molecule has 20 heavy (non-hydrogen) atoms. The standard InChI is InChI=1S/C14H18BNO3S/c1-13(2)14(3,4)19-15(18-13)10-8-20-11-7-16(5)12(17)6-9(10)11/h6-8H,1-5H3. The third-order valence-electron chi connectivity index (χ3n) is 4.32. The molecule has 0 atom stereocenters. The van der Waals surface area contributed by atoms with Gasteiger partial charge in [0.05, 0.1) is 15.9 Å². The summed E-state index contributed by atoms with van der Waals surface area (Å²) in [6.45, 7) is 8.11. The number of aromatic nitrogens is 1.